The van der Waals surface area contributed by atoms with Gasteiger partial charge in [-0.15, -0.1) is 0 Å². The second kappa shape index (κ2) is 9.22. The van der Waals surface area contributed by atoms with E-state index in [2.05, 4.69) is 4.98 Å². The van der Waals surface area contributed by atoms with E-state index in [4.69, 9.17) is 9.47 Å². The summed E-state index contributed by atoms with van der Waals surface area (Å²) in [4.78, 5) is 17.5. The Hall–Kier alpha value is -3.40. The van der Waals surface area contributed by atoms with Crippen molar-refractivity contribution in [3.05, 3.63) is 66.4 Å². The van der Waals surface area contributed by atoms with Gasteiger partial charge in [0.25, 0.3) is 10.0 Å². The lowest BCUT2D eigenvalue weighted by molar-refractivity contribution is 0.0285. The molecule has 0 aliphatic rings. The van der Waals surface area contributed by atoms with Gasteiger partial charge in [0.05, 0.1) is 24.9 Å². The summed E-state index contributed by atoms with van der Waals surface area (Å²) in [6, 6.07) is 8.64. The van der Waals surface area contributed by atoms with Gasteiger partial charge in [-0.25, -0.2) is 21.6 Å². The SMILES string of the molecule is COc1cccc(F)c1-c1cc(CN(C)C(=O)OC(C)(C)C)cn1S(=O)(=O)c1cccnc1. The standard InChI is InChI=1S/C23H26FN3O5S/c1-23(2,3)32-22(28)26(4)14-16-12-19(21-18(24)9-6-10-20(21)31-5)27(15-16)33(29,30)17-8-7-11-25-13-17/h6-13,15H,14H2,1-5H3. The third-order valence-corrected chi connectivity index (χ3v) is 6.27. The number of aromatic nitrogens is 2. The van der Waals surface area contributed by atoms with Crippen molar-refractivity contribution in [1.29, 1.82) is 0 Å². The van der Waals surface area contributed by atoms with E-state index in [1.165, 1.54) is 68.0 Å². The number of pyridine rings is 1. The molecule has 0 radical (unpaired) electrons. The number of carbonyl (C=O) groups is 1. The van der Waals surface area contributed by atoms with Crippen molar-refractivity contribution in [2.24, 2.45) is 0 Å². The Morgan fingerprint density at radius 3 is 2.55 bits per heavy atom. The van der Waals surface area contributed by atoms with Gasteiger partial charge in [0, 0.05) is 25.6 Å². The molecule has 176 valence electrons. The second-order valence-corrected chi connectivity index (χ2v) is 10.2. The maximum Gasteiger partial charge on any atom is 0.410 e. The van der Waals surface area contributed by atoms with Gasteiger partial charge < -0.3 is 14.4 Å². The molecule has 0 fully saturated rings. The molecule has 2 heterocycles. The van der Waals surface area contributed by atoms with Crippen molar-refractivity contribution in [3.8, 4) is 17.0 Å². The predicted octanol–water partition coefficient (Wildman–Crippen LogP) is 4.30. The molecule has 0 saturated heterocycles. The zero-order valence-electron chi connectivity index (χ0n) is 19.1. The van der Waals surface area contributed by atoms with Gasteiger partial charge in [-0.2, -0.15) is 0 Å². The van der Waals surface area contributed by atoms with Crippen LogP contribution in [0.2, 0.25) is 0 Å². The van der Waals surface area contributed by atoms with Gasteiger partial charge in [0.15, 0.2) is 0 Å². The molecule has 0 aliphatic heterocycles. The van der Waals surface area contributed by atoms with Crippen molar-refractivity contribution in [2.45, 2.75) is 37.8 Å². The zero-order valence-corrected chi connectivity index (χ0v) is 19.9. The van der Waals surface area contributed by atoms with Crippen LogP contribution < -0.4 is 4.74 Å². The summed E-state index contributed by atoms with van der Waals surface area (Å²) in [6.07, 6.45) is 3.45. The lowest BCUT2D eigenvalue weighted by atomic mass is 10.1. The molecule has 0 N–H and O–H groups in total. The first kappa shape index (κ1) is 24.2. The van der Waals surface area contributed by atoms with Crippen molar-refractivity contribution >= 4 is 16.1 Å². The van der Waals surface area contributed by atoms with E-state index in [0.29, 0.717) is 5.56 Å². The number of amides is 1. The average Bonchev–Trinajstić information content (AvgIpc) is 3.16. The Balaban J connectivity index is 2.13. The Kier molecular flexibility index (Phi) is 6.78. The normalized spacial score (nSPS) is 11.8. The van der Waals surface area contributed by atoms with E-state index in [9.17, 15) is 17.6 Å². The maximum absolute atomic E-state index is 14.9. The van der Waals surface area contributed by atoms with E-state index in [1.54, 1.807) is 26.8 Å². The highest BCUT2D eigenvalue weighted by Crippen LogP contribution is 2.36. The van der Waals surface area contributed by atoms with Crippen molar-refractivity contribution in [2.75, 3.05) is 14.2 Å². The van der Waals surface area contributed by atoms with Crippen molar-refractivity contribution < 1.29 is 27.1 Å². The molecule has 3 rings (SSSR count). The summed E-state index contributed by atoms with van der Waals surface area (Å²) in [5, 5.41) is 0. The highest BCUT2D eigenvalue weighted by molar-refractivity contribution is 7.90. The number of nitrogens with zero attached hydrogens (tertiary/aromatic N) is 3. The number of ether oxygens (including phenoxy) is 2. The Labute approximate surface area is 192 Å². The van der Waals surface area contributed by atoms with Gasteiger partial charge in [-0.3, -0.25) is 4.98 Å². The highest BCUT2D eigenvalue weighted by Gasteiger charge is 2.27. The minimum atomic E-state index is -4.13. The van der Waals surface area contributed by atoms with Gasteiger partial charge in [0.1, 0.15) is 22.1 Å². The minimum Gasteiger partial charge on any atom is -0.496 e. The molecule has 8 nitrogen and oxygen atoms in total. The van der Waals surface area contributed by atoms with E-state index < -0.39 is 27.5 Å². The Bertz CT molecular complexity index is 1250. The molecule has 2 aromatic heterocycles. The van der Waals surface area contributed by atoms with Crippen LogP contribution in [0.5, 0.6) is 5.75 Å². The monoisotopic (exact) mass is 475 g/mol. The quantitative estimate of drug-likeness (QED) is 0.528. The van der Waals surface area contributed by atoms with Crippen LogP contribution in [0, 0.1) is 5.82 Å². The van der Waals surface area contributed by atoms with Gasteiger partial charge in [0.2, 0.25) is 0 Å². The molecule has 1 amide bonds. The van der Waals surface area contributed by atoms with Crippen molar-refractivity contribution in [1.82, 2.24) is 13.9 Å². The molecule has 3 aromatic rings. The number of rotatable bonds is 6. The smallest absolute Gasteiger partial charge is 0.410 e. The fourth-order valence-corrected chi connectivity index (χ4v) is 4.53. The number of benzene rings is 1. The number of hydrogen-bond donors (Lipinski definition) is 0. The summed E-state index contributed by atoms with van der Waals surface area (Å²) in [7, 11) is -1.22. The van der Waals surface area contributed by atoms with Crippen LogP contribution in [-0.4, -0.2) is 48.1 Å². The number of carbonyl (C=O) groups excluding carboxylic acids is 1. The first-order chi connectivity index (χ1) is 15.4. The van der Waals surface area contributed by atoms with Gasteiger partial charge in [-0.1, -0.05) is 6.07 Å². The van der Waals surface area contributed by atoms with Crippen molar-refractivity contribution in [3.63, 3.8) is 0 Å². The predicted molar refractivity (Wildman–Crippen MR) is 121 cm³/mol. The third kappa shape index (κ3) is 5.33. The Morgan fingerprint density at radius 1 is 1.21 bits per heavy atom. The third-order valence-electron chi connectivity index (χ3n) is 4.61. The lowest BCUT2D eigenvalue weighted by Gasteiger charge is -2.24. The number of methoxy groups -OCH3 is 1. The van der Waals surface area contributed by atoms with Crippen LogP contribution in [0.1, 0.15) is 26.3 Å². The molecule has 0 aliphatic carbocycles. The summed E-state index contributed by atoms with van der Waals surface area (Å²) in [6.45, 7) is 5.28. The van der Waals surface area contributed by atoms with Gasteiger partial charge in [-0.05, 0) is 56.7 Å². The molecule has 0 atom stereocenters. The van der Waals surface area contributed by atoms with Crippen LogP contribution in [-0.2, 0) is 21.3 Å². The first-order valence-corrected chi connectivity index (χ1v) is 11.5. The molecular formula is C23H26FN3O5S. The van der Waals surface area contributed by atoms with Crippen LogP contribution in [0.3, 0.4) is 0 Å². The lowest BCUT2D eigenvalue weighted by Crippen LogP contribution is -2.33. The summed E-state index contributed by atoms with van der Waals surface area (Å²) in [5.74, 6) is -0.482. The molecule has 0 spiro atoms. The fraction of sp³-hybridized carbons (Fsp3) is 0.304. The second-order valence-electron chi connectivity index (χ2n) is 8.38. The van der Waals surface area contributed by atoms with E-state index in [-0.39, 0.29) is 28.4 Å². The number of hydrogen-bond acceptors (Lipinski definition) is 6. The average molecular weight is 476 g/mol. The topological polar surface area (TPSA) is 90.7 Å². The first-order valence-electron chi connectivity index (χ1n) is 10.1. The molecule has 0 unspecified atom stereocenters. The summed E-state index contributed by atoms with van der Waals surface area (Å²) < 4.78 is 53.3. The Morgan fingerprint density at radius 2 is 1.94 bits per heavy atom. The van der Waals surface area contributed by atoms with Crippen LogP contribution in [0.15, 0.2) is 59.9 Å². The van der Waals surface area contributed by atoms with E-state index in [1.807, 2.05) is 0 Å². The van der Waals surface area contributed by atoms with Crippen LogP contribution in [0.25, 0.3) is 11.3 Å². The van der Waals surface area contributed by atoms with E-state index >= 15 is 0 Å². The minimum absolute atomic E-state index is 0.0152. The molecule has 33 heavy (non-hydrogen) atoms. The largest absolute Gasteiger partial charge is 0.496 e. The highest BCUT2D eigenvalue weighted by atomic mass is 32.2. The zero-order chi connectivity index (χ0) is 24.4. The fourth-order valence-electron chi connectivity index (χ4n) is 3.18. The maximum atomic E-state index is 14.9. The molecule has 0 bridgehead atoms. The molecular weight excluding hydrogens is 449 g/mol. The van der Waals surface area contributed by atoms with E-state index in [0.717, 1.165) is 3.97 Å². The molecule has 0 saturated carbocycles. The van der Waals surface area contributed by atoms with Gasteiger partial charge >= 0.3 is 6.09 Å². The van der Waals surface area contributed by atoms with Crippen LogP contribution >= 0.6 is 0 Å². The molecule has 1 aromatic carbocycles. The number of halogens is 1. The van der Waals surface area contributed by atoms with Crippen LogP contribution in [0.4, 0.5) is 9.18 Å². The summed E-state index contributed by atoms with van der Waals surface area (Å²) in [5.41, 5.74) is -0.191. The molecule has 10 heteroatoms. The summed E-state index contributed by atoms with van der Waals surface area (Å²) >= 11 is 0.